The second kappa shape index (κ2) is 7.53. The second-order valence-corrected chi connectivity index (χ2v) is 4.13. The van der Waals surface area contributed by atoms with Crippen LogP contribution in [0.15, 0.2) is 18.2 Å². The van der Waals surface area contributed by atoms with Gasteiger partial charge in [-0.15, -0.1) is 0 Å². The first-order valence-electron chi connectivity index (χ1n) is 6.27. The highest BCUT2D eigenvalue weighted by atomic mass is 16.5. The Morgan fingerprint density at radius 2 is 2.11 bits per heavy atom. The number of amides is 1. The summed E-state index contributed by atoms with van der Waals surface area (Å²) in [6, 6.07) is 4.98. The average Bonchev–Trinajstić information content (AvgIpc) is 2.39. The molecule has 0 fully saturated rings. The van der Waals surface area contributed by atoms with Crippen LogP contribution in [0.5, 0.6) is 0 Å². The van der Waals surface area contributed by atoms with Gasteiger partial charge in [0.1, 0.15) is 0 Å². The summed E-state index contributed by atoms with van der Waals surface area (Å²) in [6.45, 7) is 3.89. The van der Waals surface area contributed by atoms with Crippen LogP contribution >= 0.6 is 0 Å². The van der Waals surface area contributed by atoms with E-state index in [2.05, 4.69) is 5.32 Å². The smallest absolute Gasteiger partial charge is 0.338 e. The molecule has 0 heterocycles. The summed E-state index contributed by atoms with van der Waals surface area (Å²) in [5.41, 5.74) is 1.92. The minimum Gasteiger partial charge on any atom is -0.462 e. The van der Waals surface area contributed by atoms with Gasteiger partial charge in [0.2, 0.25) is 5.91 Å². The summed E-state index contributed by atoms with van der Waals surface area (Å²) in [5, 5.41) is 11.4. The van der Waals surface area contributed by atoms with E-state index in [9.17, 15) is 9.59 Å². The van der Waals surface area contributed by atoms with Crippen LogP contribution in [0.1, 0.15) is 35.7 Å². The Balaban J connectivity index is 2.72. The van der Waals surface area contributed by atoms with Crippen molar-refractivity contribution in [3.63, 3.8) is 0 Å². The number of esters is 1. The Hall–Kier alpha value is -1.88. The molecule has 0 saturated carbocycles. The fraction of sp³-hybridized carbons (Fsp3) is 0.429. The molecule has 0 saturated heterocycles. The molecule has 19 heavy (non-hydrogen) atoms. The van der Waals surface area contributed by atoms with Crippen LogP contribution in [-0.4, -0.2) is 30.2 Å². The minimum absolute atomic E-state index is 0.00576. The molecule has 0 aliphatic heterocycles. The van der Waals surface area contributed by atoms with E-state index in [1.54, 1.807) is 25.1 Å². The topological polar surface area (TPSA) is 75.6 Å². The first-order chi connectivity index (χ1) is 9.08. The van der Waals surface area contributed by atoms with Gasteiger partial charge in [-0.3, -0.25) is 4.79 Å². The fourth-order valence-corrected chi connectivity index (χ4v) is 1.60. The number of aryl methyl sites for hydroxylation is 1. The summed E-state index contributed by atoms with van der Waals surface area (Å²) in [5.74, 6) is -0.523. The molecule has 0 atom stereocenters. The third kappa shape index (κ3) is 4.71. The highest BCUT2D eigenvalue weighted by Gasteiger charge is 2.10. The number of nitrogens with one attached hydrogen (secondary N) is 1. The Bertz CT molecular complexity index is 457. The number of benzene rings is 1. The largest absolute Gasteiger partial charge is 0.462 e. The van der Waals surface area contributed by atoms with E-state index in [1.807, 2.05) is 6.92 Å². The van der Waals surface area contributed by atoms with Crippen LogP contribution < -0.4 is 5.32 Å². The van der Waals surface area contributed by atoms with Gasteiger partial charge in [-0.05, 0) is 44.0 Å². The Morgan fingerprint density at radius 3 is 2.68 bits per heavy atom. The van der Waals surface area contributed by atoms with Crippen molar-refractivity contribution in [3.05, 3.63) is 29.3 Å². The number of carbonyl (C=O) groups is 2. The zero-order valence-electron chi connectivity index (χ0n) is 11.2. The number of hydrogen-bond donors (Lipinski definition) is 2. The average molecular weight is 265 g/mol. The molecule has 0 bridgehead atoms. The molecule has 0 radical (unpaired) electrons. The molecule has 5 heteroatoms. The van der Waals surface area contributed by atoms with Crippen LogP contribution in [0.4, 0.5) is 5.69 Å². The van der Waals surface area contributed by atoms with Crippen LogP contribution in [0.25, 0.3) is 0 Å². The minimum atomic E-state index is -0.372. The van der Waals surface area contributed by atoms with Crippen molar-refractivity contribution < 1.29 is 19.4 Å². The lowest BCUT2D eigenvalue weighted by atomic mass is 10.1. The number of ether oxygens (including phenoxy) is 1. The van der Waals surface area contributed by atoms with Gasteiger partial charge in [-0.25, -0.2) is 4.79 Å². The van der Waals surface area contributed by atoms with E-state index in [1.165, 1.54) is 0 Å². The van der Waals surface area contributed by atoms with Crippen LogP contribution in [-0.2, 0) is 9.53 Å². The van der Waals surface area contributed by atoms with Crippen LogP contribution in [0, 0.1) is 6.92 Å². The molecule has 5 nitrogen and oxygen atoms in total. The first-order valence-corrected chi connectivity index (χ1v) is 6.27. The van der Waals surface area contributed by atoms with Gasteiger partial charge < -0.3 is 15.2 Å². The maximum Gasteiger partial charge on any atom is 0.338 e. The summed E-state index contributed by atoms with van der Waals surface area (Å²) < 4.78 is 4.90. The summed E-state index contributed by atoms with van der Waals surface area (Å²) in [6.07, 6.45) is 0.710. The maximum absolute atomic E-state index is 11.5. The van der Waals surface area contributed by atoms with Gasteiger partial charge in [0, 0.05) is 18.7 Å². The monoisotopic (exact) mass is 265 g/mol. The molecule has 1 aromatic rings. The van der Waals surface area contributed by atoms with E-state index in [-0.39, 0.29) is 24.9 Å². The van der Waals surface area contributed by atoms with Crippen molar-refractivity contribution >= 4 is 17.6 Å². The zero-order valence-corrected chi connectivity index (χ0v) is 11.2. The number of aliphatic hydroxyl groups excluding tert-OH is 1. The van der Waals surface area contributed by atoms with Crippen molar-refractivity contribution in [2.45, 2.75) is 26.7 Å². The van der Waals surface area contributed by atoms with Crippen molar-refractivity contribution in [1.82, 2.24) is 0 Å². The summed E-state index contributed by atoms with van der Waals surface area (Å²) >= 11 is 0. The SMILES string of the molecule is CCOC(=O)c1ccc(NC(=O)CCCO)c(C)c1. The highest BCUT2D eigenvalue weighted by Crippen LogP contribution is 2.17. The number of anilines is 1. The molecule has 2 N–H and O–H groups in total. The van der Waals surface area contributed by atoms with Gasteiger partial charge in [-0.2, -0.15) is 0 Å². The predicted octanol–water partition coefficient (Wildman–Crippen LogP) is 1.88. The number of hydrogen-bond acceptors (Lipinski definition) is 4. The Labute approximate surface area is 112 Å². The summed E-state index contributed by atoms with van der Waals surface area (Å²) in [7, 11) is 0. The van der Waals surface area contributed by atoms with Gasteiger partial charge in [0.15, 0.2) is 0 Å². The molecule has 1 rings (SSSR count). The second-order valence-electron chi connectivity index (χ2n) is 4.13. The molecule has 0 aliphatic rings. The van der Waals surface area contributed by atoms with Gasteiger partial charge >= 0.3 is 5.97 Å². The Kier molecular flexibility index (Phi) is 6.02. The van der Waals surface area contributed by atoms with Crippen LogP contribution in [0.3, 0.4) is 0 Å². The lowest BCUT2D eigenvalue weighted by Crippen LogP contribution is -2.13. The Morgan fingerprint density at radius 1 is 1.37 bits per heavy atom. The quantitative estimate of drug-likeness (QED) is 0.770. The normalized spacial score (nSPS) is 10.1. The van der Waals surface area contributed by atoms with E-state index in [0.717, 1.165) is 5.56 Å². The fourth-order valence-electron chi connectivity index (χ4n) is 1.60. The predicted molar refractivity (Wildman–Crippen MR) is 72.1 cm³/mol. The first kappa shape index (κ1) is 15.2. The highest BCUT2D eigenvalue weighted by molar-refractivity contribution is 5.94. The molecule has 1 aromatic carbocycles. The summed E-state index contributed by atoms with van der Waals surface area (Å²) in [4.78, 5) is 23.1. The van der Waals surface area contributed by atoms with Crippen molar-refractivity contribution in [3.8, 4) is 0 Å². The molecule has 0 aliphatic carbocycles. The molecular formula is C14H19NO4. The van der Waals surface area contributed by atoms with Gasteiger partial charge in [0.05, 0.1) is 12.2 Å². The molecular weight excluding hydrogens is 246 g/mol. The number of carbonyl (C=O) groups excluding carboxylic acids is 2. The lowest BCUT2D eigenvalue weighted by molar-refractivity contribution is -0.116. The molecule has 104 valence electrons. The lowest BCUT2D eigenvalue weighted by Gasteiger charge is -2.09. The van der Waals surface area contributed by atoms with Crippen LogP contribution in [0.2, 0.25) is 0 Å². The molecule has 1 amide bonds. The van der Waals surface area contributed by atoms with E-state index in [4.69, 9.17) is 9.84 Å². The number of aliphatic hydroxyl groups is 1. The van der Waals surface area contributed by atoms with Gasteiger partial charge in [-0.1, -0.05) is 0 Å². The van der Waals surface area contributed by atoms with Crippen molar-refractivity contribution in [1.29, 1.82) is 0 Å². The van der Waals surface area contributed by atoms with E-state index >= 15 is 0 Å². The van der Waals surface area contributed by atoms with E-state index in [0.29, 0.717) is 24.3 Å². The van der Waals surface area contributed by atoms with Gasteiger partial charge in [0.25, 0.3) is 0 Å². The zero-order chi connectivity index (χ0) is 14.3. The molecule has 0 spiro atoms. The maximum atomic E-state index is 11.5. The standard InChI is InChI=1S/C14H19NO4/c1-3-19-14(18)11-6-7-12(10(2)9-11)15-13(17)5-4-8-16/h6-7,9,16H,3-5,8H2,1-2H3,(H,15,17). The molecule has 0 unspecified atom stereocenters. The molecule has 0 aromatic heterocycles. The third-order valence-corrected chi connectivity index (χ3v) is 2.57. The van der Waals surface area contributed by atoms with Crippen molar-refractivity contribution in [2.24, 2.45) is 0 Å². The van der Waals surface area contributed by atoms with E-state index < -0.39 is 0 Å². The number of rotatable bonds is 6. The van der Waals surface area contributed by atoms with Crippen molar-refractivity contribution in [2.75, 3.05) is 18.5 Å². The third-order valence-electron chi connectivity index (χ3n) is 2.57.